The van der Waals surface area contributed by atoms with Crippen molar-refractivity contribution in [2.75, 3.05) is 19.8 Å². The Morgan fingerprint density at radius 1 is 1.04 bits per heavy atom. The van der Waals surface area contributed by atoms with Gasteiger partial charge in [0.05, 0.1) is 4.90 Å². The van der Waals surface area contributed by atoms with Crippen LogP contribution in [0.3, 0.4) is 0 Å². The van der Waals surface area contributed by atoms with Gasteiger partial charge < -0.3 is 4.74 Å². The van der Waals surface area contributed by atoms with Crippen molar-refractivity contribution >= 4 is 37.7 Å². The fraction of sp³-hybridized carbons (Fsp3) is 0.333. The van der Waals surface area contributed by atoms with Gasteiger partial charge in [-0.3, -0.25) is 0 Å². The number of rotatable bonds is 6. The highest BCUT2D eigenvalue weighted by Crippen LogP contribution is 2.40. The second kappa shape index (κ2) is 8.22. The quantitative estimate of drug-likeness (QED) is 0.733. The molecule has 0 atom stereocenters. The molecule has 2 aromatic rings. The van der Waals surface area contributed by atoms with Crippen LogP contribution in [0.15, 0.2) is 68.9 Å². The number of hydrogen-bond donors (Lipinski definition) is 1. The highest BCUT2D eigenvalue weighted by Gasteiger charge is 2.35. The molecule has 1 fully saturated rings. The van der Waals surface area contributed by atoms with Crippen LogP contribution in [0.1, 0.15) is 12.8 Å². The van der Waals surface area contributed by atoms with Crippen molar-refractivity contribution in [3.8, 4) is 0 Å². The Morgan fingerprint density at radius 3 is 2.36 bits per heavy atom. The van der Waals surface area contributed by atoms with E-state index in [-0.39, 0.29) is 9.64 Å². The largest absolute Gasteiger partial charge is 0.381 e. The fourth-order valence-corrected chi connectivity index (χ4v) is 6.29. The minimum absolute atomic E-state index is 0.200. The van der Waals surface area contributed by atoms with E-state index in [9.17, 15) is 8.42 Å². The molecular weight excluding hydrogens is 422 g/mol. The number of thioether (sulfide) groups is 1. The van der Waals surface area contributed by atoms with E-state index >= 15 is 0 Å². The summed E-state index contributed by atoms with van der Waals surface area (Å²) >= 11 is 5.05. The van der Waals surface area contributed by atoms with Crippen molar-refractivity contribution in [1.82, 2.24) is 4.72 Å². The van der Waals surface area contributed by atoms with Crippen molar-refractivity contribution in [3.05, 3.63) is 59.1 Å². The molecule has 1 N–H and O–H groups in total. The molecule has 7 heteroatoms. The molecule has 0 unspecified atom stereocenters. The van der Waals surface area contributed by atoms with Crippen LogP contribution in [0.2, 0.25) is 0 Å². The van der Waals surface area contributed by atoms with Gasteiger partial charge in [-0.25, -0.2) is 13.1 Å². The highest BCUT2D eigenvalue weighted by molar-refractivity contribution is 9.10. The van der Waals surface area contributed by atoms with Crippen LogP contribution >= 0.6 is 27.7 Å². The minimum atomic E-state index is -3.57. The molecule has 1 heterocycles. The number of sulfonamides is 1. The Morgan fingerprint density at radius 2 is 1.68 bits per heavy atom. The van der Waals surface area contributed by atoms with Gasteiger partial charge >= 0.3 is 0 Å². The predicted molar refractivity (Wildman–Crippen MR) is 104 cm³/mol. The lowest BCUT2D eigenvalue weighted by molar-refractivity contribution is 0.0784. The van der Waals surface area contributed by atoms with E-state index in [0.717, 1.165) is 17.7 Å². The molecule has 0 radical (unpaired) electrons. The summed E-state index contributed by atoms with van der Waals surface area (Å²) in [5, 5.41) is 0. The summed E-state index contributed by atoms with van der Waals surface area (Å²) in [6, 6.07) is 17.0. The van der Waals surface area contributed by atoms with Gasteiger partial charge in [-0.1, -0.05) is 30.3 Å². The van der Waals surface area contributed by atoms with Gasteiger partial charge in [0.2, 0.25) is 10.0 Å². The van der Waals surface area contributed by atoms with Gasteiger partial charge in [-0.2, -0.15) is 0 Å². The first-order chi connectivity index (χ1) is 12.0. The Balaban J connectivity index is 1.78. The van der Waals surface area contributed by atoms with Crippen molar-refractivity contribution in [2.45, 2.75) is 27.4 Å². The van der Waals surface area contributed by atoms with Gasteiger partial charge in [0.15, 0.2) is 0 Å². The zero-order valence-corrected chi connectivity index (χ0v) is 16.9. The monoisotopic (exact) mass is 441 g/mol. The Bertz CT molecular complexity index is 806. The van der Waals surface area contributed by atoms with Crippen LogP contribution in [-0.4, -0.2) is 32.9 Å². The lowest BCUT2D eigenvalue weighted by atomic mass is 9.99. The maximum atomic E-state index is 12.7. The number of benzene rings is 2. The molecule has 1 aliphatic heterocycles. The van der Waals surface area contributed by atoms with Gasteiger partial charge in [-0.15, -0.1) is 11.8 Å². The third-order valence-corrected chi connectivity index (χ3v) is 8.10. The molecule has 2 aromatic carbocycles. The van der Waals surface area contributed by atoms with Crippen molar-refractivity contribution in [1.29, 1.82) is 0 Å². The third-order valence-electron chi connectivity index (χ3n) is 4.19. The van der Waals surface area contributed by atoms with Gasteiger partial charge in [0, 0.05) is 33.9 Å². The fourth-order valence-electron chi connectivity index (χ4n) is 2.76. The summed E-state index contributed by atoms with van der Waals surface area (Å²) in [6.45, 7) is 1.67. The van der Waals surface area contributed by atoms with E-state index in [1.807, 2.05) is 18.2 Å². The summed E-state index contributed by atoms with van der Waals surface area (Å²) < 4.78 is 34.1. The van der Waals surface area contributed by atoms with Crippen LogP contribution in [0.25, 0.3) is 0 Å². The standard InChI is InChI=1S/C18H20BrNO3S2/c19-16-8-4-5-9-17(16)25(21,22)20-14-18(10-12-23-13-11-18)24-15-6-2-1-3-7-15/h1-9,20H,10-14H2. The summed E-state index contributed by atoms with van der Waals surface area (Å²) in [7, 11) is -3.57. The highest BCUT2D eigenvalue weighted by atomic mass is 79.9. The molecule has 0 aromatic heterocycles. The predicted octanol–water partition coefficient (Wildman–Crippen LogP) is 4.07. The molecule has 1 saturated heterocycles. The van der Waals surface area contributed by atoms with E-state index in [2.05, 4.69) is 32.8 Å². The Kier molecular flexibility index (Phi) is 6.22. The molecule has 0 amide bonds. The molecular formula is C18H20BrNO3S2. The number of nitrogens with one attached hydrogen (secondary N) is 1. The van der Waals surface area contributed by atoms with Crippen molar-refractivity contribution in [2.24, 2.45) is 0 Å². The first-order valence-corrected chi connectivity index (χ1v) is 11.2. The number of hydrogen-bond acceptors (Lipinski definition) is 4. The molecule has 25 heavy (non-hydrogen) atoms. The molecule has 4 nitrogen and oxygen atoms in total. The van der Waals surface area contributed by atoms with Crippen molar-refractivity contribution < 1.29 is 13.2 Å². The topological polar surface area (TPSA) is 55.4 Å². The average molecular weight is 442 g/mol. The van der Waals surface area contributed by atoms with E-state index in [4.69, 9.17) is 4.74 Å². The average Bonchev–Trinajstić information content (AvgIpc) is 2.62. The Labute approximate surface area is 161 Å². The third kappa shape index (κ3) is 4.86. The normalized spacial score (nSPS) is 17.3. The molecule has 0 aliphatic carbocycles. The zero-order chi connectivity index (χ0) is 17.8. The minimum Gasteiger partial charge on any atom is -0.381 e. The number of halogens is 1. The summed E-state index contributed by atoms with van der Waals surface area (Å²) in [5.74, 6) is 0. The maximum Gasteiger partial charge on any atom is 0.241 e. The van der Waals surface area contributed by atoms with Gasteiger partial charge in [0.1, 0.15) is 0 Å². The summed E-state index contributed by atoms with van der Waals surface area (Å²) in [6.07, 6.45) is 1.62. The lowest BCUT2D eigenvalue weighted by Crippen LogP contribution is -2.44. The van der Waals surface area contributed by atoms with Crippen LogP contribution in [0, 0.1) is 0 Å². The first-order valence-electron chi connectivity index (χ1n) is 8.07. The second-order valence-electron chi connectivity index (χ2n) is 5.97. The summed E-state index contributed by atoms with van der Waals surface area (Å²) in [5.41, 5.74) is 0. The van der Waals surface area contributed by atoms with Crippen molar-refractivity contribution in [3.63, 3.8) is 0 Å². The van der Waals surface area contributed by atoms with E-state index in [1.165, 1.54) is 0 Å². The van der Waals surface area contributed by atoms with Crippen LogP contribution in [0.4, 0.5) is 0 Å². The van der Waals surface area contributed by atoms with E-state index < -0.39 is 10.0 Å². The SMILES string of the molecule is O=S(=O)(NCC1(Sc2ccccc2)CCOCC1)c1ccccc1Br. The van der Waals surface area contributed by atoms with Gasteiger partial charge in [0.25, 0.3) is 0 Å². The summed E-state index contributed by atoms with van der Waals surface area (Å²) in [4.78, 5) is 1.41. The van der Waals surface area contributed by atoms with Crippen LogP contribution in [0.5, 0.6) is 0 Å². The molecule has 0 saturated carbocycles. The molecule has 3 rings (SSSR count). The van der Waals surface area contributed by atoms with E-state index in [0.29, 0.717) is 24.2 Å². The first kappa shape index (κ1) is 18.9. The molecule has 1 aliphatic rings. The van der Waals surface area contributed by atoms with E-state index in [1.54, 1.807) is 36.0 Å². The zero-order valence-electron chi connectivity index (χ0n) is 13.7. The molecule has 134 valence electrons. The number of ether oxygens (including phenoxy) is 1. The van der Waals surface area contributed by atoms with Crippen LogP contribution < -0.4 is 4.72 Å². The molecule has 0 spiro atoms. The van der Waals surface area contributed by atoms with Crippen LogP contribution in [-0.2, 0) is 14.8 Å². The smallest absolute Gasteiger partial charge is 0.241 e. The second-order valence-corrected chi connectivity index (χ2v) is 10.1. The Hall–Kier alpha value is -0.860. The lowest BCUT2D eigenvalue weighted by Gasteiger charge is -2.36. The molecule has 0 bridgehead atoms. The maximum absolute atomic E-state index is 12.7. The van der Waals surface area contributed by atoms with Gasteiger partial charge in [-0.05, 0) is 53.0 Å².